The molecule has 0 amide bonds. The normalized spacial score (nSPS) is 11.7. The molecule has 1 heterocycles. The van der Waals surface area contributed by atoms with Gasteiger partial charge in [0.1, 0.15) is 7.05 Å². The highest BCUT2D eigenvalue weighted by Gasteiger charge is 2.05. The van der Waals surface area contributed by atoms with E-state index in [1.54, 1.807) is 17.6 Å². The van der Waals surface area contributed by atoms with Gasteiger partial charge in [-0.2, -0.15) is 0 Å². The van der Waals surface area contributed by atoms with Crippen LogP contribution in [0.1, 0.15) is 5.56 Å². The van der Waals surface area contributed by atoms with E-state index in [-0.39, 0.29) is 0 Å². The number of thiophene rings is 1. The van der Waals surface area contributed by atoms with Crippen molar-refractivity contribution in [2.45, 2.75) is 0 Å². The minimum atomic E-state index is 0.826. The average molecular weight is 217 g/mol. The maximum Gasteiger partial charge on any atom is 0.182 e. The molecule has 0 aliphatic rings. The first-order valence-corrected chi connectivity index (χ1v) is 5.53. The first kappa shape index (κ1) is 9.93. The van der Waals surface area contributed by atoms with Crippen molar-refractivity contribution < 1.29 is 4.74 Å². The summed E-state index contributed by atoms with van der Waals surface area (Å²) < 4.78 is 0.826. The van der Waals surface area contributed by atoms with Crippen LogP contribution in [0, 0.1) is 5.21 Å². The van der Waals surface area contributed by atoms with Gasteiger partial charge in [0.15, 0.2) is 6.21 Å². The van der Waals surface area contributed by atoms with Crippen LogP contribution in [0.25, 0.3) is 10.4 Å². The largest absolute Gasteiger partial charge is 0.624 e. The Hall–Kier alpha value is -1.61. The fraction of sp³-hybridized carbons (Fsp3) is 0.0833. The first-order valence-electron chi connectivity index (χ1n) is 4.65. The third kappa shape index (κ3) is 2.25. The molecule has 0 aliphatic carbocycles. The van der Waals surface area contributed by atoms with Crippen molar-refractivity contribution in [3.8, 4) is 10.4 Å². The highest BCUT2D eigenvalue weighted by molar-refractivity contribution is 7.13. The lowest BCUT2D eigenvalue weighted by molar-refractivity contribution is -0.416. The average Bonchev–Trinajstić information content (AvgIpc) is 2.70. The summed E-state index contributed by atoms with van der Waals surface area (Å²) in [5, 5.41) is 13.0. The molecule has 2 aromatic rings. The molecule has 0 aliphatic heterocycles. The van der Waals surface area contributed by atoms with Gasteiger partial charge in [-0.15, -0.1) is 11.3 Å². The molecule has 0 unspecified atom stereocenters. The summed E-state index contributed by atoms with van der Waals surface area (Å²) in [6.45, 7) is 0. The standard InChI is InChI=1S/C12H11NOS/c1-13(14)9-10-5-2-3-6-11(10)12-7-4-8-15-12/h2-9H,1H3/b13-9-. The Kier molecular flexibility index (Phi) is 2.83. The van der Waals surface area contributed by atoms with Gasteiger partial charge in [-0.3, -0.25) is 0 Å². The Balaban J connectivity index is 2.52. The Morgan fingerprint density at radius 3 is 2.67 bits per heavy atom. The summed E-state index contributed by atoms with van der Waals surface area (Å²) in [4.78, 5) is 1.18. The Bertz CT molecular complexity index is 470. The smallest absolute Gasteiger partial charge is 0.182 e. The maximum atomic E-state index is 11.0. The number of hydrogen-bond acceptors (Lipinski definition) is 2. The van der Waals surface area contributed by atoms with Crippen molar-refractivity contribution in [3.05, 3.63) is 52.5 Å². The predicted molar refractivity (Wildman–Crippen MR) is 64.5 cm³/mol. The summed E-state index contributed by atoms with van der Waals surface area (Å²) in [5.74, 6) is 0. The van der Waals surface area contributed by atoms with Gasteiger partial charge in [-0.05, 0) is 17.5 Å². The molecule has 0 radical (unpaired) electrons. The van der Waals surface area contributed by atoms with Crippen LogP contribution in [-0.2, 0) is 0 Å². The Morgan fingerprint density at radius 2 is 2.00 bits per heavy atom. The van der Waals surface area contributed by atoms with Gasteiger partial charge in [-0.25, -0.2) is 4.74 Å². The zero-order valence-electron chi connectivity index (χ0n) is 8.38. The van der Waals surface area contributed by atoms with Crippen LogP contribution in [0.2, 0.25) is 0 Å². The fourth-order valence-corrected chi connectivity index (χ4v) is 2.24. The minimum Gasteiger partial charge on any atom is -0.624 e. The summed E-state index contributed by atoms with van der Waals surface area (Å²) in [6.07, 6.45) is 1.59. The van der Waals surface area contributed by atoms with Crippen LogP contribution in [0.5, 0.6) is 0 Å². The maximum absolute atomic E-state index is 11.0. The highest BCUT2D eigenvalue weighted by atomic mass is 32.1. The van der Waals surface area contributed by atoms with E-state index >= 15 is 0 Å². The molecule has 0 bridgehead atoms. The van der Waals surface area contributed by atoms with Crippen molar-refractivity contribution in [1.82, 2.24) is 0 Å². The fourth-order valence-electron chi connectivity index (χ4n) is 1.46. The van der Waals surface area contributed by atoms with Gasteiger partial charge >= 0.3 is 0 Å². The molecule has 2 rings (SSSR count). The third-order valence-electron chi connectivity index (χ3n) is 2.07. The molecule has 0 atom stereocenters. The highest BCUT2D eigenvalue weighted by Crippen LogP contribution is 2.26. The second kappa shape index (κ2) is 4.28. The van der Waals surface area contributed by atoms with Gasteiger partial charge in [0.2, 0.25) is 0 Å². The van der Waals surface area contributed by atoms with E-state index in [0.717, 1.165) is 15.9 Å². The van der Waals surface area contributed by atoms with Gasteiger partial charge < -0.3 is 5.21 Å². The lowest BCUT2D eigenvalue weighted by Gasteiger charge is -2.02. The van der Waals surface area contributed by atoms with Crippen LogP contribution < -0.4 is 0 Å². The molecule has 1 aromatic carbocycles. The minimum absolute atomic E-state index is 0.826. The summed E-state index contributed by atoms with van der Waals surface area (Å²) >= 11 is 1.68. The molecule has 0 saturated heterocycles. The van der Waals surface area contributed by atoms with Crippen LogP contribution in [0.3, 0.4) is 0 Å². The van der Waals surface area contributed by atoms with E-state index in [1.807, 2.05) is 35.7 Å². The Labute approximate surface area is 92.7 Å². The summed E-state index contributed by atoms with van der Waals surface area (Å²) in [5.41, 5.74) is 2.06. The topological polar surface area (TPSA) is 26.1 Å². The quantitative estimate of drug-likeness (QED) is 0.329. The van der Waals surface area contributed by atoms with Crippen LogP contribution in [-0.4, -0.2) is 18.0 Å². The van der Waals surface area contributed by atoms with Crippen LogP contribution in [0.15, 0.2) is 41.8 Å². The van der Waals surface area contributed by atoms with E-state index in [9.17, 15) is 5.21 Å². The molecule has 2 nitrogen and oxygen atoms in total. The predicted octanol–water partition coefficient (Wildman–Crippen LogP) is 2.97. The van der Waals surface area contributed by atoms with Crippen molar-refractivity contribution in [3.63, 3.8) is 0 Å². The van der Waals surface area contributed by atoms with Gasteiger partial charge in [0.05, 0.1) is 0 Å². The second-order valence-corrected chi connectivity index (χ2v) is 4.19. The molecule has 0 fully saturated rings. The van der Waals surface area contributed by atoms with E-state index in [2.05, 4.69) is 6.07 Å². The zero-order chi connectivity index (χ0) is 10.7. The Morgan fingerprint density at radius 1 is 1.20 bits per heavy atom. The van der Waals surface area contributed by atoms with E-state index in [0.29, 0.717) is 0 Å². The van der Waals surface area contributed by atoms with Crippen LogP contribution >= 0.6 is 11.3 Å². The van der Waals surface area contributed by atoms with Crippen LogP contribution in [0.4, 0.5) is 0 Å². The third-order valence-corrected chi connectivity index (χ3v) is 2.97. The molecule has 0 saturated carbocycles. The SMILES string of the molecule is C/[N+]([O-])=C/c1ccccc1-c1cccs1. The molecule has 1 aromatic heterocycles. The number of hydroxylamine groups is 1. The molecular weight excluding hydrogens is 206 g/mol. The first-order chi connectivity index (χ1) is 7.27. The number of nitrogens with zero attached hydrogens (tertiary/aromatic N) is 1. The van der Waals surface area contributed by atoms with E-state index < -0.39 is 0 Å². The molecule has 0 N–H and O–H groups in total. The number of benzene rings is 1. The molecule has 3 heteroatoms. The van der Waals surface area contributed by atoms with E-state index in [1.165, 1.54) is 11.9 Å². The second-order valence-electron chi connectivity index (χ2n) is 3.24. The lowest BCUT2D eigenvalue weighted by Crippen LogP contribution is -1.98. The monoisotopic (exact) mass is 217 g/mol. The zero-order valence-corrected chi connectivity index (χ0v) is 9.20. The van der Waals surface area contributed by atoms with E-state index in [4.69, 9.17) is 0 Å². The molecule has 15 heavy (non-hydrogen) atoms. The van der Waals surface area contributed by atoms with Gasteiger partial charge in [0.25, 0.3) is 0 Å². The van der Waals surface area contributed by atoms with Crippen molar-refractivity contribution in [1.29, 1.82) is 0 Å². The van der Waals surface area contributed by atoms with Gasteiger partial charge in [-0.1, -0.05) is 24.3 Å². The molecular formula is C12H11NOS. The van der Waals surface area contributed by atoms with Crippen molar-refractivity contribution in [2.24, 2.45) is 0 Å². The summed E-state index contributed by atoms with van der Waals surface area (Å²) in [7, 11) is 1.49. The molecule has 0 spiro atoms. The van der Waals surface area contributed by atoms with Gasteiger partial charge in [0, 0.05) is 16.0 Å². The number of rotatable bonds is 2. The van der Waals surface area contributed by atoms with Crippen molar-refractivity contribution >= 4 is 17.6 Å². The summed E-state index contributed by atoms with van der Waals surface area (Å²) in [6, 6.07) is 12.0. The molecule has 76 valence electrons. The lowest BCUT2D eigenvalue weighted by atomic mass is 10.1. The van der Waals surface area contributed by atoms with Crippen molar-refractivity contribution in [2.75, 3.05) is 7.05 Å². The number of hydrogen-bond donors (Lipinski definition) is 0.